The first-order chi connectivity index (χ1) is 12.1. The van der Waals surface area contributed by atoms with E-state index in [1.165, 1.54) is 12.3 Å². The van der Waals surface area contributed by atoms with Crippen LogP contribution < -0.4 is 5.32 Å². The molecule has 9 heteroatoms. The predicted octanol–water partition coefficient (Wildman–Crippen LogP) is 2.31. The van der Waals surface area contributed by atoms with E-state index in [4.69, 9.17) is 0 Å². The fourth-order valence-corrected chi connectivity index (χ4v) is 2.63. The van der Waals surface area contributed by atoms with Crippen molar-refractivity contribution in [3.05, 3.63) is 53.0 Å². The van der Waals surface area contributed by atoms with Gasteiger partial charge in [-0.05, 0) is 12.1 Å². The van der Waals surface area contributed by atoms with Crippen LogP contribution in [0.1, 0.15) is 21.7 Å². The first kappa shape index (κ1) is 15.2. The molecule has 126 valence electrons. The number of imidazole rings is 1. The van der Waals surface area contributed by atoms with Gasteiger partial charge in [-0.25, -0.2) is 13.8 Å². The molecule has 0 aliphatic carbocycles. The lowest BCUT2D eigenvalue weighted by molar-refractivity contribution is 0.101. The Balaban J connectivity index is 1.65. The van der Waals surface area contributed by atoms with Crippen LogP contribution in [0.3, 0.4) is 0 Å². The molecular weight excluding hydrogens is 330 g/mol. The van der Waals surface area contributed by atoms with Gasteiger partial charge in [-0.2, -0.15) is 5.10 Å². The third-order valence-corrected chi connectivity index (χ3v) is 3.83. The Morgan fingerprint density at radius 2 is 2.04 bits per heavy atom. The number of benzene rings is 1. The van der Waals surface area contributed by atoms with Gasteiger partial charge in [-0.15, -0.1) is 0 Å². The van der Waals surface area contributed by atoms with E-state index in [0.717, 1.165) is 24.2 Å². The lowest BCUT2D eigenvalue weighted by Crippen LogP contribution is -2.16. The van der Waals surface area contributed by atoms with Crippen molar-refractivity contribution in [1.82, 2.24) is 20.2 Å². The Kier molecular flexibility index (Phi) is 3.60. The Hall–Kier alpha value is -3.36. The molecule has 3 aromatic rings. The highest BCUT2D eigenvalue weighted by Gasteiger charge is 2.21. The van der Waals surface area contributed by atoms with Gasteiger partial charge in [0.25, 0.3) is 5.91 Å². The third-order valence-electron chi connectivity index (χ3n) is 3.83. The summed E-state index contributed by atoms with van der Waals surface area (Å²) >= 11 is 0. The van der Waals surface area contributed by atoms with Gasteiger partial charge in [0.15, 0.2) is 5.82 Å². The Morgan fingerprint density at radius 3 is 2.80 bits per heavy atom. The summed E-state index contributed by atoms with van der Waals surface area (Å²) in [5.74, 6) is -2.32. The van der Waals surface area contributed by atoms with E-state index in [1.807, 2.05) is 0 Å². The maximum Gasteiger partial charge on any atom is 0.261 e. The Morgan fingerprint density at radius 1 is 1.24 bits per heavy atom. The molecule has 1 aromatic carbocycles. The molecule has 0 fully saturated rings. The number of amides is 1. The van der Waals surface area contributed by atoms with Gasteiger partial charge in [0.1, 0.15) is 28.6 Å². The molecule has 0 spiro atoms. The number of aromatic amines is 2. The largest absolute Gasteiger partial charge is 0.340 e. The third kappa shape index (κ3) is 2.69. The molecule has 0 atom stereocenters. The van der Waals surface area contributed by atoms with Crippen LogP contribution in [0.5, 0.6) is 0 Å². The van der Waals surface area contributed by atoms with Gasteiger partial charge in [-0.1, -0.05) is 6.07 Å². The molecule has 3 heterocycles. The van der Waals surface area contributed by atoms with Crippen molar-refractivity contribution < 1.29 is 13.6 Å². The Labute approximate surface area is 140 Å². The molecule has 4 rings (SSSR count). The van der Waals surface area contributed by atoms with Crippen molar-refractivity contribution >= 4 is 17.8 Å². The van der Waals surface area contributed by atoms with Crippen LogP contribution in [0.15, 0.2) is 29.4 Å². The zero-order valence-corrected chi connectivity index (χ0v) is 12.8. The van der Waals surface area contributed by atoms with Crippen molar-refractivity contribution in [2.24, 2.45) is 4.99 Å². The second kappa shape index (κ2) is 5.93. The number of hydrogen-bond acceptors (Lipinski definition) is 4. The van der Waals surface area contributed by atoms with Gasteiger partial charge in [-0.3, -0.25) is 14.9 Å². The highest BCUT2D eigenvalue weighted by atomic mass is 19.1. The topological polar surface area (TPSA) is 98.8 Å². The van der Waals surface area contributed by atoms with Gasteiger partial charge in [0, 0.05) is 24.9 Å². The minimum absolute atomic E-state index is 0.260. The summed E-state index contributed by atoms with van der Waals surface area (Å²) in [6.07, 6.45) is 3.75. The number of aliphatic imine (C=N–C) groups is 1. The number of hydrogen-bond donors (Lipinski definition) is 3. The van der Waals surface area contributed by atoms with Crippen LogP contribution in [-0.4, -0.2) is 38.8 Å². The summed E-state index contributed by atoms with van der Waals surface area (Å²) in [6, 6.07) is 3.24. The van der Waals surface area contributed by atoms with Crippen molar-refractivity contribution in [3.8, 4) is 11.5 Å². The molecule has 25 heavy (non-hydrogen) atoms. The standard InChI is InChI=1S/C16H12F2N6O/c17-8-2-1-3-9(18)13(8)16(25)23-12-7-20-24-14(12)15-21-10-4-5-19-6-11(10)22-15/h1-3,6-7H,4-5H2,(H,20,24)(H,21,22)(H,23,25). The van der Waals surface area contributed by atoms with Gasteiger partial charge in [0.2, 0.25) is 0 Å². The number of nitrogens with one attached hydrogen (secondary N) is 3. The number of rotatable bonds is 3. The fraction of sp³-hybridized carbons (Fsp3) is 0.125. The highest BCUT2D eigenvalue weighted by Crippen LogP contribution is 2.25. The van der Waals surface area contributed by atoms with Crippen molar-refractivity contribution in [3.63, 3.8) is 0 Å². The smallest absolute Gasteiger partial charge is 0.261 e. The van der Waals surface area contributed by atoms with Crippen molar-refractivity contribution in [2.45, 2.75) is 6.42 Å². The molecule has 1 aliphatic rings. The van der Waals surface area contributed by atoms with E-state index in [1.54, 1.807) is 6.21 Å². The van der Waals surface area contributed by atoms with Crippen molar-refractivity contribution in [1.29, 1.82) is 0 Å². The summed E-state index contributed by atoms with van der Waals surface area (Å²) in [6.45, 7) is 0.674. The van der Waals surface area contributed by atoms with Crippen LogP contribution in [0.4, 0.5) is 14.5 Å². The number of aromatic nitrogens is 4. The van der Waals surface area contributed by atoms with E-state index in [9.17, 15) is 13.6 Å². The molecule has 3 N–H and O–H groups in total. The SMILES string of the molecule is O=C(Nc1cn[nH]c1-c1nc2c([nH]1)CCN=C2)c1c(F)cccc1F. The summed E-state index contributed by atoms with van der Waals surface area (Å²) in [4.78, 5) is 23.9. The monoisotopic (exact) mass is 342 g/mol. The normalized spacial score (nSPS) is 12.9. The predicted molar refractivity (Wildman–Crippen MR) is 86.6 cm³/mol. The minimum atomic E-state index is -0.938. The average Bonchev–Trinajstić information content (AvgIpc) is 3.20. The van der Waals surface area contributed by atoms with E-state index >= 15 is 0 Å². The van der Waals surface area contributed by atoms with Crippen LogP contribution in [0.25, 0.3) is 11.5 Å². The molecule has 7 nitrogen and oxygen atoms in total. The summed E-state index contributed by atoms with van der Waals surface area (Å²) in [5, 5.41) is 9.06. The van der Waals surface area contributed by atoms with Crippen LogP contribution in [0, 0.1) is 11.6 Å². The first-order valence-electron chi connectivity index (χ1n) is 7.51. The lowest BCUT2D eigenvalue weighted by Gasteiger charge is -2.06. The number of nitrogens with zero attached hydrogens (tertiary/aromatic N) is 3. The lowest BCUT2D eigenvalue weighted by atomic mass is 10.2. The van der Waals surface area contributed by atoms with E-state index in [0.29, 0.717) is 23.8 Å². The van der Waals surface area contributed by atoms with Crippen molar-refractivity contribution in [2.75, 3.05) is 11.9 Å². The van der Waals surface area contributed by atoms with E-state index in [-0.39, 0.29) is 5.69 Å². The zero-order valence-electron chi connectivity index (χ0n) is 12.8. The second-order valence-corrected chi connectivity index (χ2v) is 5.44. The summed E-state index contributed by atoms with van der Waals surface area (Å²) < 4.78 is 27.5. The quantitative estimate of drug-likeness (QED) is 0.681. The van der Waals surface area contributed by atoms with Crippen LogP contribution >= 0.6 is 0 Å². The van der Waals surface area contributed by atoms with Crippen LogP contribution in [-0.2, 0) is 6.42 Å². The molecule has 1 aliphatic heterocycles. The molecule has 0 unspecified atom stereocenters. The molecule has 2 aromatic heterocycles. The molecule has 0 saturated heterocycles. The van der Waals surface area contributed by atoms with E-state index in [2.05, 4.69) is 30.5 Å². The maximum atomic E-state index is 13.8. The molecule has 1 amide bonds. The summed E-state index contributed by atoms with van der Waals surface area (Å²) in [5.41, 5.74) is 1.66. The molecular formula is C16H12F2N6O. The minimum Gasteiger partial charge on any atom is -0.340 e. The number of carbonyl (C=O) groups is 1. The zero-order chi connectivity index (χ0) is 17.4. The van der Waals surface area contributed by atoms with Crippen LogP contribution in [0.2, 0.25) is 0 Å². The fourth-order valence-electron chi connectivity index (χ4n) is 2.63. The molecule has 0 radical (unpaired) electrons. The summed E-state index contributed by atoms with van der Waals surface area (Å²) in [7, 11) is 0. The van der Waals surface area contributed by atoms with E-state index < -0.39 is 23.1 Å². The first-order valence-corrected chi connectivity index (χ1v) is 7.51. The average molecular weight is 342 g/mol. The number of carbonyl (C=O) groups excluding carboxylic acids is 1. The second-order valence-electron chi connectivity index (χ2n) is 5.44. The molecule has 0 bridgehead atoms. The molecule has 0 saturated carbocycles. The number of H-pyrrole nitrogens is 2. The Bertz CT molecular complexity index is 970. The number of anilines is 1. The number of fused-ring (bicyclic) bond motifs is 1. The highest BCUT2D eigenvalue weighted by molar-refractivity contribution is 6.06. The van der Waals surface area contributed by atoms with Gasteiger partial charge >= 0.3 is 0 Å². The van der Waals surface area contributed by atoms with Gasteiger partial charge < -0.3 is 10.3 Å². The maximum absolute atomic E-state index is 13.8. The van der Waals surface area contributed by atoms with Gasteiger partial charge in [0.05, 0.1) is 11.9 Å². The number of halogens is 2.